The molecule has 1 unspecified atom stereocenters. The molecule has 1 heterocycles. The van der Waals surface area contributed by atoms with E-state index in [0.29, 0.717) is 6.04 Å². The van der Waals surface area contributed by atoms with E-state index in [1.54, 1.807) is 6.92 Å². The first-order chi connectivity index (χ1) is 7.13. The van der Waals surface area contributed by atoms with Crippen LogP contribution in [0.2, 0.25) is 0 Å². The normalized spacial score (nSPS) is 19.7. The van der Waals surface area contributed by atoms with Crippen molar-refractivity contribution >= 4 is 5.91 Å². The van der Waals surface area contributed by atoms with Crippen molar-refractivity contribution in [3.63, 3.8) is 0 Å². The van der Waals surface area contributed by atoms with Gasteiger partial charge in [0.25, 0.3) is 0 Å². The molecule has 84 valence electrons. The zero-order chi connectivity index (χ0) is 11.3. The van der Waals surface area contributed by atoms with Crippen molar-refractivity contribution in [1.29, 1.82) is 5.26 Å². The molecule has 0 radical (unpaired) electrons. The zero-order valence-corrected chi connectivity index (χ0v) is 9.49. The van der Waals surface area contributed by atoms with Gasteiger partial charge in [-0.25, -0.2) is 0 Å². The number of nitrogens with one attached hydrogen (secondary N) is 1. The number of hydrogen-bond donors (Lipinski definition) is 1. The van der Waals surface area contributed by atoms with Crippen LogP contribution in [0.5, 0.6) is 0 Å². The van der Waals surface area contributed by atoms with E-state index in [2.05, 4.69) is 11.4 Å². The molecule has 1 N–H and O–H groups in total. The number of likely N-dealkylation sites (tertiary alicyclic amines) is 1. The molecule has 0 aromatic heterocycles. The highest BCUT2D eigenvalue weighted by Crippen LogP contribution is 2.10. The van der Waals surface area contributed by atoms with Crippen molar-refractivity contribution in [3.05, 3.63) is 0 Å². The minimum absolute atomic E-state index is 0.0656. The lowest BCUT2D eigenvalue weighted by atomic mass is 10.0. The SMILES string of the molecule is CC(=O)N1CCC(NCC(C)C#N)CC1. The Bertz CT molecular complexity index is 251. The van der Waals surface area contributed by atoms with Crippen molar-refractivity contribution in [2.24, 2.45) is 5.92 Å². The van der Waals surface area contributed by atoms with E-state index in [0.717, 1.165) is 32.5 Å². The van der Waals surface area contributed by atoms with Crippen LogP contribution in [0.1, 0.15) is 26.7 Å². The van der Waals surface area contributed by atoms with Crippen LogP contribution >= 0.6 is 0 Å². The Kier molecular flexibility index (Phi) is 4.57. The molecule has 0 bridgehead atoms. The minimum Gasteiger partial charge on any atom is -0.343 e. The summed E-state index contributed by atoms with van der Waals surface area (Å²) in [4.78, 5) is 13.0. The molecule has 4 nitrogen and oxygen atoms in total. The van der Waals surface area contributed by atoms with E-state index >= 15 is 0 Å². The van der Waals surface area contributed by atoms with Crippen LogP contribution < -0.4 is 5.32 Å². The summed E-state index contributed by atoms with van der Waals surface area (Å²) < 4.78 is 0. The highest BCUT2D eigenvalue weighted by atomic mass is 16.2. The summed E-state index contributed by atoms with van der Waals surface area (Å²) in [6, 6.07) is 2.67. The maximum absolute atomic E-state index is 11.1. The smallest absolute Gasteiger partial charge is 0.219 e. The van der Waals surface area contributed by atoms with Gasteiger partial charge in [0.05, 0.1) is 12.0 Å². The number of rotatable bonds is 3. The standard InChI is InChI=1S/C11H19N3O/c1-9(7-12)8-13-11-3-5-14(6-4-11)10(2)15/h9,11,13H,3-6,8H2,1-2H3. The third-order valence-corrected chi connectivity index (χ3v) is 2.87. The lowest BCUT2D eigenvalue weighted by molar-refractivity contribution is -0.129. The molecule has 0 aliphatic carbocycles. The lowest BCUT2D eigenvalue weighted by Gasteiger charge is -2.32. The summed E-state index contributed by atoms with van der Waals surface area (Å²) in [6.45, 7) is 5.96. The Labute approximate surface area is 91.2 Å². The molecule has 0 saturated carbocycles. The van der Waals surface area contributed by atoms with Crippen molar-refractivity contribution in [2.75, 3.05) is 19.6 Å². The topological polar surface area (TPSA) is 56.1 Å². The first kappa shape index (κ1) is 12.0. The fourth-order valence-electron chi connectivity index (χ4n) is 1.79. The van der Waals surface area contributed by atoms with Gasteiger partial charge in [-0.3, -0.25) is 4.79 Å². The third-order valence-electron chi connectivity index (χ3n) is 2.87. The quantitative estimate of drug-likeness (QED) is 0.746. The summed E-state index contributed by atoms with van der Waals surface area (Å²) >= 11 is 0. The predicted molar refractivity (Wildman–Crippen MR) is 58.1 cm³/mol. The van der Waals surface area contributed by atoms with Crippen LogP contribution in [0.25, 0.3) is 0 Å². The van der Waals surface area contributed by atoms with Crippen molar-refractivity contribution < 1.29 is 4.79 Å². The van der Waals surface area contributed by atoms with Crippen LogP contribution in [-0.4, -0.2) is 36.5 Å². The van der Waals surface area contributed by atoms with Gasteiger partial charge in [-0.1, -0.05) is 0 Å². The third kappa shape index (κ3) is 3.88. The Morgan fingerprint density at radius 2 is 2.20 bits per heavy atom. The van der Waals surface area contributed by atoms with Gasteiger partial charge in [0.2, 0.25) is 5.91 Å². The van der Waals surface area contributed by atoms with Gasteiger partial charge in [-0.2, -0.15) is 5.26 Å². The molecule has 1 atom stereocenters. The highest BCUT2D eigenvalue weighted by Gasteiger charge is 2.20. The van der Waals surface area contributed by atoms with Crippen LogP contribution in [0.3, 0.4) is 0 Å². The van der Waals surface area contributed by atoms with Gasteiger partial charge in [0.1, 0.15) is 0 Å². The number of nitrogens with zero attached hydrogens (tertiary/aromatic N) is 2. The zero-order valence-electron chi connectivity index (χ0n) is 9.49. The van der Waals surface area contributed by atoms with Crippen LogP contribution in [-0.2, 0) is 4.79 Å². The minimum atomic E-state index is 0.0656. The summed E-state index contributed by atoms with van der Waals surface area (Å²) in [5, 5.41) is 12.0. The predicted octanol–water partition coefficient (Wildman–Crippen LogP) is 0.747. The molecular weight excluding hydrogens is 190 g/mol. The van der Waals surface area contributed by atoms with Gasteiger partial charge in [0.15, 0.2) is 0 Å². The van der Waals surface area contributed by atoms with E-state index in [1.165, 1.54) is 0 Å². The monoisotopic (exact) mass is 209 g/mol. The highest BCUT2D eigenvalue weighted by molar-refractivity contribution is 5.73. The molecule has 1 aliphatic rings. The molecule has 0 aromatic rings. The fourth-order valence-corrected chi connectivity index (χ4v) is 1.79. The number of piperidine rings is 1. The Morgan fingerprint density at radius 3 is 2.67 bits per heavy atom. The first-order valence-corrected chi connectivity index (χ1v) is 5.52. The average Bonchev–Trinajstić information content (AvgIpc) is 2.26. The van der Waals surface area contributed by atoms with Gasteiger partial charge in [0, 0.05) is 32.6 Å². The van der Waals surface area contributed by atoms with E-state index in [4.69, 9.17) is 5.26 Å². The second-order valence-corrected chi connectivity index (χ2v) is 4.22. The number of amides is 1. The molecule has 1 rings (SSSR count). The number of hydrogen-bond acceptors (Lipinski definition) is 3. The van der Waals surface area contributed by atoms with Gasteiger partial charge in [-0.05, 0) is 19.8 Å². The van der Waals surface area contributed by atoms with E-state index in [-0.39, 0.29) is 11.8 Å². The summed E-state index contributed by atoms with van der Waals surface area (Å²) in [5.74, 6) is 0.231. The summed E-state index contributed by atoms with van der Waals surface area (Å²) in [5.41, 5.74) is 0. The second-order valence-electron chi connectivity index (χ2n) is 4.22. The molecule has 1 fully saturated rings. The van der Waals surface area contributed by atoms with Crippen molar-refractivity contribution in [2.45, 2.75) is 32.7 Å². The molecule has 15 heavy (non-hydrogen) atoms. The van der Waals surface area contributed by atoms with Crippen LogP contribution in [0, 0.1) is 17.2 Å². The number of nitriles is 1. The van der Waals surface area contributed by atoms with Gasteiger partial charge in [-0.15, -0.1) is 0 Å². The van der Waals surface area contributed by atoms with Crippen molar-refractivity contribution in [3.8, 4) is 6.07 Å². The largest absolute Gasteiger partial charge is 0.343 e. The molecule has 1 saturated heterocycles. The lowest BCUT2D eigenvalue weighted by Crippen LogP contribution is -2.45. The Balaban J connectivity index is 2.21. The Morgan fingerprint density at radius 1 is 1.60 bits per heavy atom. The summed E-state index contributed by atoms with van der Waals surface area (Å²) in [7, 11) is 0. The number of carbonyl (C=O) groups excluding carboxylic acids is 1. The van der Waals surface area contributed by atoms with Crippen LogP contribution in [0.15, 0.2) is 0 Å². The Hall–Kier alpha value is -1.08. The molecular formula is C11H19N3O. The molecule has 0 aromatic carbocycles. The van der Waals surface area contributed by atoms with Crippen molar-refractivity contribution in [1.82, 2.24) is 10.2 Å². The molecule has 4 heteroatoms. The average molecular weight is 209 g/mol. The van der Waals surface area contributed by atoms with Gasteiger partial charge >= 0.3 is 0 Å². The van der Waals surface area contributed by atoms with E-state index in [1.807, 2.05) is 11.8 Å². The fraction of sp³-hybridized carbons (Fsp3) is 0.818. The second kappa shape index (κ2) is 5.72. The number of carbonyl (C=O) groups is 1. The summed E-state index contributed by atoms with van der Waals surface area (Å²) in [6.07, 6.45) is 2.00. The maximum Gasteiger partial charge on any atom is 0.219 e. The van der Waals surface area contributed by atoms with Gasteiger partial charge < -0.3 is 10.2 Å². The van der Waals surface area contributed by atoms with E-state index in [9.17, 15) is 4.79 Å². The maximum atomic E-state index is 11.1. The molecule has 0 spiro atoms. The molecule has 1 aliphatic heterocycles. The first-order valence-electron chi connectivity index (χ1n) is 5.52. The van der Waals surface area contributed by atoms with Crippen LogP contribution in [0.4, 0.5) is 0 Å². The molecule has 1 amide bonds. The van der Waals surface area contributed by atoms with E-state index < -0.39 is 0 Å².